The average Bonchev–Trinajstić information content (AvgIpc) is 2.48. The van der Waals surface area contributed by atoms with Crippen molar-refractivity contribution >= 4 is 28.3 Å². The molecule has 1 saturated heterocycles. The quantitative estimate of drug-likeness (QED) is 0.665. The Morgan fingerprint density at radius 2 is 2.23 bits per heavy atom. The molecule has 1 fully saturated rings. The first kappa shape index (κ1) is 11.3. The highest BCUT2D eigenvalue weighted by molar-refractivity contribution is 8.23. The van der Waals surface area contributed by atoms with E-state index in [0.717, 1.165) is 10.9 Å². The third-order valence-electron chi connectivity index (χ3n) is 2.63. The van der Waals surface area contributed by atoms with Crippen LogP contribution in [0.1, 0.15) is 40.0 Å². The molecule has 0 atom stereocenters. The van der Waals surface area contributed by atoms with E-state index in [4.69, 9.17) is 12.2 Å². The summed E-state index contributed by atoms with van der Waals surface area (Å²) in [7, 11) is 0. The van der Waals surface area contributed by atoms with E-state index in [2.05, 4.69) is 25.7 Å². The molecule has 0 radical (unpaired) electrons. The van der Waals surface area contributed by atoms with E-state index in [-0.39, 0.29) is 5.54 Å². The Morgan fingerprint density at radius 3 is 2.69 bits per heavy atom. The second kappa shape index (κ2) is 4.65. The van der Waals surface area contributed by atoms with Gasteiger partial charge in [0.15, 0.2) is 0 Å². The van der Waals surface area contributed by atoms with Crippen molar-refractivity contribution in [2.24, 2.45) is 0 Å². The summed E-state index contributed by atoms with van der Waals surface area (Å²) in [6.07, 6.45) is 3.83. The third kappa shape index (κ3) is 2.84. The van der Waals surface area contributed by atoms with E-state index in [1.807, 2.05) is 11.8 Å². The molecule has 0 saturated carbocycles. The van der Waals surface area contributed by atoms with Gasteiger partial charge in [0, 0.05) is 17.8 Å². The van der Waals surface area contributed by atoms with Crippen LogP contribution in [0.5, 0.6) is 0 Å². The number of rotatable bonds is 4. The zero-order valence-electron chi connectivity index (χ0n) is 8.80. The van der Waals surface area contributed by atoms with Crippen LogP contribution in [-0.4, -0.2) is 27.1 Å². The molecule has 0 aromatic heterocycles. The van der Waals surface area contributed by atoms with E-state index in [1.165, 1.54) is 25.0 Å². The summed E-state index contributed by atoms with van der Waals surface area (Å²) in [6, 6.07) is 0. The highest BCUT2D eigenvalue weighted by Gasteiger charge is 2.31. The normalized spacial score (nSPS) is 18.4. The van der Waals surface area contributed by atoms with Crippen molar-refractivity contribution in [3.05, 3.63) is 0 Å². The Bertz CT molecular complexity index is 189. The van der Waals surface area contributed by atoms with Gasteiger partial charge in [0.2, 0.25) is 0 Å². The maximum Gasteiger partial charge on any atom is 0.136 e. The van der Waals surface area contributed by atoms with Crippen molar-refractivity contribution < 1.29 is 0 Å². The number of thioether (sulfide) groups is 1. The lowest BCUT2D eigenvalue weighted by molar-refractivity contribution is 0.217. The summed E-state index contributed by atoms with van der Waals surface area (Å²) in [4.78, 5) is 2.39. The maximum atomic E-state index is 5.33. The van der Waals surface area contributed by atoms with Crippen LogP contribution in [-0.2, 0) is 0 Å². The molecule has 0 amide bonds. The molecule has 3 heteroatoms. The van der Waals surface area contributed by atoms with Crippen LogP contribution in [0.25, 0.3) is 0 Å². The average molecular weight is 217 g/mol. The zero-order valence-corrected chi connectivity index (χ0v) is 10.4. The third-order valence-corrected chi connectivity index (χ3v) is 4.06. The fourth-order valence-electron chi connectivity index (χ4n) is 1.69. The molecular weight excluding hydrogens is 198 g/mol. The van der Waals surface area contributed by atoms with Gasteiger partial charge in [0.05, 0.1) is 0 Å². The van der Waals surface area contributed by atoms with Gasteiger partial charge < -0.3 is 4.90 Å². The summed E-state index contributed by atoms with van der Waals surface area (Å²) in [5.41, 5.74) is 0.274. The molecular formula is C10H19NS2. The SMILES string of the molecule is CCCCC(C)(C)N1CCSC1=S. The highest BCUT2D eigenvalue weighted by Crippen LogP contribution is 2.29. The first-order valence-electron chi connectivity index (χ1n) is 5.02. The summed E-state index contributed by atoms with van der Waals surface area (Å²) in [6.45, 7) is 8.00. The van der Waals surface area contributed by atoms with Gasteiger partial charge >= 0.3 is 0 Å². The summed E-state index contributed by atoms with van der Waals surface area (Å²) >= 11 is 7.15. The molecule has 0 spiro atoms. The first-order chi connectivity index (χ1) is 6.08. The number of nitrogens with zero attached hydrogens (tertiary/aromatic N) is 1. The van der Waals surface area contributed by atoms with Crippen LogP contribution in [0.2, 0.25) is 0 Å². The van der Waals surface area contributed by atoms with E-state index in [1.54, 1.807) is 0 Å². The first-order valence-corrected chi connectivity index (χ1v) is 6.41. The zero-order chi connectivity index (χ0) is 9.90. The molecule has 1 rings (SSSR count). The highest BCUT2D eigenvalue weighted by atomic mass is 32.2. The minimum absolute atomic E-state index is 0.274. The molecule has 13 heavy (non-hydrogen) atoms. The van der Waals surface area contributed by atoms with Crippen LogP contribution in [0.15, 0.2) is 0 Å². The molecule has 1 aliphatic rings. The fourth-order valence-corrected chi connectivity index (χ4v) is 3.22. The van der Waals surface area contributed by atoms with E-state index in [0.29, 0.717) is 0 Å². The molecule has 0 N–H and O–H groups in total. The van der Waals surface area contributed by atoms with Gasteiger partial charge in [0.25, 0.3) is 0 Å². The van der Waals surface area contributed by atoms with Gasteiger partial charge in [-0.05, 0) is 20.3 Å². The van der Waals surface area contributed by atoms with Crippen LogP contribution >= 0.6 is 24.0 Å². The Balaban J connectivity index is 2.51. The van der Waals surface area contributed by atoms with Gasteiger partial charge in [-0.3, -0.25) is 0 Å². The largest absolute Gasteiger partial charge is 0.352 e. The standard InChI is InChI=1S/C10H19NS2/c1-4-5-6-10(2,3)11-7-8-13-9(11)12/h4-8H2,1-3H3. The molecule has 0 aliphatic carbocycles. The van der Waals surface area contributed by atoms with Crippen molar-refractivity contribution in [2.75, 3.05) is 12.3 Å². The second-order valence-electron chi connectivity index (χ2n) is 4.18. The van der Waals surface area contributed by atoms with Crippen LogP contribution < -0.4 is 0 Å². The van der Waals surface area contributed by atoms with Crippen molar-refractivity contribution in [3.8, 4) is 0 Å². The monoisotopic (exact) mass is 217 g/mol. The van der Waals surface area contributed by atoms with Crippen molar-refractivity contribution in [2.45, 2.75) is 45.6 Å². The van der Waals surface area contributed by atoms with Crippen LogP contribution in [0.3, 0.4) is 0 Å². The predicted molar refractivity (Wildman–Crippen MR) is 65.4 cm³/mol. The van der Waals surface area contributed by atoms with E-state index < -0.39 is 0 Å². The molecule has 0 bridgehead atoms. The molecule has 0 aromatic carbocycles. The van der Waals surface area contributed by atoms with Gasteiger partial charge in [-0.1, -0.05) is 43.7 Å². The van der Waals surface area contributed by atoms with Gasteiger partial charge in [-0.2, -0.15) is 0 Å². The molecule has 1 heterocycles. The Hall–Kier alpha value is 0.240. The minimum Gasteiger partial charge on any atom is -0.352 e. The number of hydrogen-bond acceptors (Lipinski definition) is 2. The number of unbranched alkanes of at least 4 members (excludes halogenated alkanes) is 1. The molecule has 1 nitrogen and oxygen atoms in total. The molecule has 76 valence electrons. The van der Waals surface area contributed by atoms with Crippen molar-refractivity contribution in [3.63, 3.8) is 0 Å². The maximum absolute atomic E-state index is 5.33. The topological polar surface area (TPSA) is 3.24 Å². The Labute approximate surface area is 91.3 Å². The van der Waals surface area contributed by atoms with Crippen molar-refractivity contribution in [1.82, 2.24) is 4.90 Å². The summed E-state index contributed by atoms with van der Waals surface area (Å²) in [5, 5.41) is 0. The summed E-state index contributed by atoms with van der Waals surface area (Å²) in [5.74, 6) is 1.17. The lowest BCUT2D eigenvalue weighted by Crippen LogP contribution is -2.43. The van der Waals surface area contributed by atoms with Crippen LogP contribution in [0, 0.1) is 0 Å². The number of thiocarbonyl (C=S) groups is 1. The lowest BCUT2D eigenvalue weighted by atomic mass is 9.96. The Kier molecular flexibility index (Phi) is 4.05. The van der Waals surface area contributed by atoms with E-state index in [9.17, 15) is 0 Å². The van der Waals surface area contributed by atoms with Gasteiger partial charge in [0.1, 0.15) is 4.32 Å². The van der Waals surface area contributed by atoms with Crippen LogP contribution in [0.4, 0.5) is 0 Å². The minimum atomic E-state index is 0.274. The molecule has 0 unspecified atom stereocenters. The molecule has 0 aromatic rings. The lowest BCUT2D eigenvalue weighted by Gasteiger charge is -2.36. The van der Waals surface area contributed by atoms with E-state index >= 15 is 0 Å². The fraction of sp³-hybridized carbons (Fsp3) is 0.900. The van der Waals surface area contributed by atoms with Gasteiger partial charge in [-0.25, -0.2) is 0 Å². The number of hydrogen-bond donors (Lipinski definition) is 0. The second-order valence-corrected chi connectivity index (χ2v) is 5.91. The Morgan fingerprint density at radius 1 is 1.54 bits per heavy atom. The van der Waals surface area contributed by atoms with Crippen molar-refractivity contribution in [1.29, 1.82) is 0 Å². The summed E-state index contributed by atoms with van der Waals surface area (Å²) < 4.78 is 1.10. The van der Waals surface area contributed by atoms with Gasteiger partial charge in [-0.15, -0.1) is 0 Å². The molecule has 1 aliphatic heterocycles. The smallest absolute Gasteiger partial charge is 0.136 e. The predicted octanol–water partition coefficient (Wildman–Crippen LogP) is 3.29.